The van der Waals surface area contributed by atoms with E-state index in [0.717, 1.165) is 0 Å². The van der Waals surface area contributed by atoms with Crippen molar-refractivity contribution in [3.05, 3.63) is 71.9 Å². The van der Waals surface area contributed by atoms with Crippen molar-refractivity contribution >= 4 is 17.6 Å². The lowest BCUT2D eigenvalue weighted by atomic mass is 10.1. The molecule has 0 atom stereocenters. The van der Waals surface area contributed by atoms with Gasteiger partial charge in [-0.25, -0.2) is 14.1 Å². The van der Waals surface area contributed by atoms with Crippen LogP contribution in [0, 0.1) is 0 Å². The van der Waals surface area contributed by atoms with E-state index in [9.17, 15) is 9.59 Å². The summed E-state index contributed by atoms with van der Waals surface area (Å²) >= 11 is 0. The first-order valence-corrected chi connectivity index (χ1v) is 9.90. The number of carbonyl (C=O) groups is 2. The lowest BCUT2D eigenvalue weighted by Gasteiger charge is -2.09. The van der Waals surface area contributed by atoms with E-state index in [1.54, 1.807) is 13.8 Å². The number of aromatic nitrogens is 4. The first kappa shape index (κ1) is 20.2. The van der Waals surface area contributed by atoms with E-state index >= 15 is 0 Å². The van der Waals surface area contributed by atoms with Crippen molar-refractivity contribution in [1.29, 1.82) is 0 Å². The summed E-state index contributed by atoms with van der Waals surface area (Å²) in [6.45, 7) is 3.83. The molecule has 8 nitrogen and oxygen atoms in total. The van der Waals surface area contributed by atoms with Gasteiger partial charge in [-0.2, -0.15) is 5.10 Å². The topological polar surface area (TPSA) is 95.7 Å². The quantitative estimate of drug-likeness (QED) is 0.441. The number of esters is 2. The van der Waals surface area contributed by atoms with Crippen LogP contribution >= 0.6 is 0 Å². The van der Waals surface area contributed by atoms with Gasteiger partial charge in [0.2, 0.25) is 0 Å². The molecule has 0 aliphatic heterocycles. The minimum absolute atomic E-state index is 0.0121. The average molecular weight is 416 g/mol. The minimum atomic E-state index is -0.620. The van der Waals surface area contributed by atoms with E-state index in [1.807, 2.05) is 60.7 Å². The van der Waals surface area contributed by atoms with E-state index in [-0.39, 0.29) is 30.1 Å². The maximum atomic E-state index is 12.8. The SMILES string of the molecule is CCOC(=O)c1nnc2c(C(=O)OCC)c(-c3ccccc3)nn2c1-c1ccccc1. The Morgan fingerprint density at radius 1 is 0.806 bits per heavy atom. The standard InChI is InChI=1S/C23H20N4O4/c1-3-30-22(28)17-18(15-11-7-5-8-12-15)26-27-20(16-13-9-6-10-14-16)19(23(29)31-4-2)24-25-21(17)27/h5-14H,3-4H2,1-2H3. The zero-order valence-electron chi connectivity index (χ0n) is 17.1. The third-order valence-electron chi connectivity index (χ3n) is 4.58. The maximum Gasteiger partial charge on any atom is 0.361 e. The van der Waals surface area contributed by atoms with Crippen LogP contribution in [0.1, 0.15) is 34.7 Å². The van der Waals surface area contributed by atoms with Gasteiger partial charge in [0.15, 0.2) is 11.3 Å². The molecule has 2 heterocycles. The molecule has 0 aliphatic carbocycles. The third-order valence-corrected chi connectivity index (χ3v) is 4.58. The first-order chi connectivity index (χ1) is 15.2. The molecule has 0 unspecified atom stereocenters. The smallest absolute Gasteiger partial charge is 0.361 e. The van der Waals surface area contributed by atoms with Crippen LogP contribution in [0.25, 0.3) is 28.2 Å². The van der Waals surface area contributed by atoms with Crippen LogP contribution in [0.3, 0.4) is 0 Å². The Bertz CT molecular complexity index is 1240. The summed E-state index contributed by atoms with van der Waals surface area (Å²) in [4.78, 5) is 25.5. The number of nitrogens with zero attached hydrogens (tertiary/aromatic N) is 4. The maximum absolute atomic E-state index is 12.8. The number of hydrogen-bond acceptors (Lipinski definition) is 7. The molecule has 0 amide bonds. The van der Waals surface area contributed by atoms with Crippen molar-refractivity contribution in [3.63, 3.8) is 0 Å². The van der Waals surface area contributed by atoms with Gasteiger partial charge in [0.05, 0.1) is 13.2 Å². The number of rotatable bonds is 6. The van der Waals surface area contributed by atoms with Crippen molar-refractivity contribution in [1.82, 2.24) is 19.8 Å². The van der Waals surface area contributed by atoms with Crippen molar-refractivity contribution in [2.75, 3.05) is 13.2 Å². The lowest BCUT2D eigenvalue weighted by Crippen LogP contribution is -2.14. The molecular formula is C23H20N4O4. The Morgan fingerprint density at radius 2 is 1.39 bits per heavy atom. The van der Waals surface area contributed by atoms with Gasteiger partial charge in [-0.3, -0.25) is 0 Å². The van der Waals surface area contributed by atoms with Crippen molar-refractivity contribution in [3.8, 4) is 22.5 Å². The Morgan fingerprint density at radius 3 is 2.00 bits per heavy atom. The van der Waals surface area contributed by atoms with E-state index < -0.39 is 11.9 Å². The zero-order chi connectivity index (χ0) is 21.8. The van der Waals surface area contributed by atoms with Crippen molar-refractivity contribution < 1.29 is 19.1 Å². The van der Waals surface area contributed by atoms with Crippen LogP contribution in [-0.2, 0) is 9.47 Å². The minimum Gasteiger partial charge on any atom is -0.462 e. The molecule has 2 aromatic carbocycles. The Labute approximate surface area is 178 Å². The van der Waals surface area contributed by atoms with Crippen LogP contribution in [0.2, 0.25) is 0 Å². The molecule has 0 saturated carbocycles. The summed E-state index contributed by atoms with van der Waals surface area (Å²) in [6.07, 6.45) is 0. The molecule has 156 valence electrons. The summed E-state index contributed by atoms with van der Waals surface area (Å²) in [5.41, 5.74) is 2.58. The van der Waals surface area contributed by atoms with Gasteiger partial charge < -0.3 is 9.47 Å². The third kappa shape index (κ3) is 3.75. The van der Waals surface area contributed by atoms with E-state index in [2.05, 4.69) is 15.3 Å². The predicted molar refractivity (Wildman–Crippen MR) is 114 cm³/mol. The van der Waals surface area contributed by atoms with Crippen LogP contribution in [0.5, 0.6) is 0 Å². The highest BCUT2D eigenvalue weighted by Crippen LogP contribution is 2.30. The van der Waals surface area contributed by atoms with Gasteiger partial charge in [-0.1, -0.05) is 60.7 Å². The van der Waals surface area contributed by atoms with Gasteiger partial charge in [-0.15, -0.1) is 10.2 Å². The number of carbonyl (C=O) groups excluding carboxylic acids is 2. The molecule has 0 N–H and O–H groups in total. The molecule has 0 bridgehead atoms. The highest BCUT2D eigenvalue weighted by atomic mass is 16.5. The summed E-state index contributed by atoms with van der Waals surface area (Å²) in [5, 5.41) is 13.0. The molecule has 0 radical (unpaired) electrons. The number of benzene rings is 2. The zero-order valence-corrected chi connectivity index (χ0v) is 17.1. The van der Waals surface area contributed by atoms with Gasteiger partial charge in [0, 0.05) is 11.1 Å². The van der Waals surface area contributed by atoms with Gasteiger partial charge in [-0.05, 0) is 13.8 Å². The molecular weight excluding hydrogens is 396 g/mol. The predicted octanol–water partition coefficient (Wildman–Crippen LogP) is 3.81. The normalized spacial score (nSPS) is 10.8. The molecule has 2 aromatic heterocycles. The van der Waals surface area contributed by atoms with Gasteiger partial charge in [0.1, 0.15) is 17.0 Å². The molecule has 0 aliphatic rings. The highest BCUT2D eigenvalue weighted by molar-refractivity contribution is 6.03. The summed E-state index contributed by atoms with van der Waals surface area (Å²) in [6, 6.07) is 18.4. The molecule has 0 spiro atoms. The fraction of sp³-hybridized carbons (Fsp3) is 0.174. The van der Waals surface area contributed by atoms with Crippen LogP contribution in [0.15, 0.2) is 60.7 Å². The second-order valence-electron chi connectivity index (χ2n) is 6.53. The molecule has 31 heavy (non-hydrogen) atoms. The van der Waals surface area contributed by atoms with Crippen LogP contribution < -0.4 is 0 Å². The molecule has 0 saturated heterocycles. The highest BCUT2D eigenvalue weighted by Gasteiger charge is 2.28. The summed E-state index contributed by atoms with van der Waals surface area (Å²) < 4.78 is 11.9. The molecule has 0 fully saturated rings. The van der Waals surface area contributed by atoms with E-state index in [4.69, 9.17) is 9.47 Å². The second kappa shape index (κ2) is 8.74. The summed E-state index contributed by atoms with van der Waals surface area (Å²) in [5.74, 6) is -1.18. The largest absolute Gasteiger partial charge is 0.462 e. The van der Waals surface area contributed by atoms with Gasteiger partial charge in [0.25, 0.3) is 0 Å². The Kier molecular flexibility index (Phi) is 5.70. The number of fused-ring (bicyclic) bond motifs is 1. The molecule has 4 rings (SSSR count). The summed E-state index contributed by atoms with van der Waals surface area (Å²) in [7, 11) is 0. The van der Waals surface area contributed by atoms with E-state index in [1.165, 1.54) is 4.52 Å². The molecule has 8 heteroatoms. The Balaban J connectivity index is 2.07. The monoisotopic (exact) mass is 416 g/mol. The average Bonchev–Trinajstić information content (AvgIpc) is 3.19. The van der Waals surface area contributed by atoms with Crippen molar-refractivity contribution in [2.45, 2.75) is 13.8 Å². The first-order valence-electron chi connectivity index (χ1n) is 9.90. The molecule has 4 aromatic rings. The van der Waals surface area contributed by atoms with Crippen molar-refractivity contribution in [2.24, 2.45) is 0 Å². The second-order valence-corrected chi connectivity index (χ2v) is 6.53. The van der Waals surface area contributed by atoms with Crippen LogP contribution in [-0.4, -0.2) is 45.0 Å². The fourth-order valence-corrected chi connectivity index (χ4v) is 3.28. The fourth-order valence-electron chi connectivity index (χ4n) is 3.28. The lowest BCUT2D eigenvalue weighted by molar-refractivity contribution is 0.0514. The number of hydrogen-bond donors (Lipinski definition) is 0. The Hall–Kier alpha value is -4.07. The van der Waals surface area contributed by atoms with E-state index in [0.29, 0.717) is 22.5 Å². The van der Waals surface area contributed by atoms with Crippen LogP contribution in [0.4, 0.5) is 0 Å². The number of ether oxygens (including phenoxy) is 2. The van der Waals surface area contributed by atoms with Gasteiger partial charge >= 0.3 is 11.9 Å².